The van der Waals surface area contributed by atoms with Crippen molar-refractivity contribution in [2.75, 3.05) is 17.2 Å². The maximum atomic E-state index is 11.9. The van der Waals surface area contributed by atoms with E-state index in [1.54, 1.807) is 42.5 Å². The van der Waals surface area contributed by atoms with Crippen molar-refractivity contribution in [2.24, 2.45) is 0 Å². The summed E-state index contributed by atoms with van der Waals surface area (Å²) in [5.74, 6) is -2.22. The first-order valence-electron chi connectivity index (χ1n) is 7.26. The Bertz CT molecular complexity index is 809. The lowest BCUT2D eigenvalue weighted by atomic mass is 10.2. The molecule has 2 aromatic carbocycles. The summed E-state index contributed by atoms with van der Waals surface area (Å²) in [6.45, 7) is 1.48. The van der Waals surface area contributed by atoms with Crippen LogP contribution < -0.4 is 16.0 Å². The number of halogens is 2. The van der Waals surface area contributed by atoms with E-state index in [0.717, 1.165) is 10.0 Å². The van der Waals surface area contributed by atoms with Crippen molar-refractivity contribution in [3.05, 3.63) is 57.5 Å². The van der Waals surface area contributed by atoms with E-state index in [0.29, 0.717) is 16.4 Å². The van der Waals surface area contributed by atoms with Crippen LogP contribution in [0.25, 0.3) is 0 Å². The van der Waals surface area contributed by atoms with Crippen LogP contribution in [0.2, 0.25) is 5.02 Å². The molecule has 0 aliphatic carbocycles. The maximum Gasteiger partial charge on any atom is 0.313 e. The van der Waals surface area contributed by atoms with E-state index >= 15 is 0 Å². The monoisotopic (exact) mass is 423 g/mol. The molecule has 25 heavy (non-hydrogen) atoms. The number of amides is 3. The predicted octanol–water partition coefficient (Wildman–Crippen LogP) is 3.10. The van der Waals surface area contributed by atoms with Crippen LogP contribution in [-0.2, 0) is 14.4 Å². The number of rotatable bonds is 4. The normalized spacial score (nSPS) is 10.0. The molecule has 0 radical (unpaired) electrons. The van der Waals surface area contributed by atoms with Crippen LogP contribution in [0.5, 0.6) is 0 Å². The standard InChI is InChI=1S/C17H15BrClN3O3/c1-10-2-5-12(19)8-14(10)22-15(23)9-20-16(24)17(25)21-13-6-3-11(18)4-7-13/h2-8H,9H2,1H3,(H,20,24)(H,21,25)(H,22,23). The molecule has 3 amide bonds. The van der Waals surface area contributed by atoms with Gasteiger partial charge in [0.25, 0.3) is 0 Å². The second-order valence-corrected chi connectivity index (χ2v) is 6.50. The van der Waals surface area contributed by atoms with Gasteiger partial charge in [-0.05, 0) is 48.9 Å². The predicted molar refractivity (Wildman–Crippen MR) is 101 cm³/mol. The maximum absolute atomic E-state index is 11.9. The number of carbonyl (C=O) groups is 3. The van der Waals surface area contributed by atoms with Crippen LogP contribution in [0.3, 0.4) is 0 Å². The Labute approximate surface area is 158 Å². The second kappa shape index (κ2) is 8.64. The van der Waals surface area contributed by atoms with Gasteiger partial charge in [0.05, 0.1) is 6.54 Å². The van der Waals surface area contributed by atoms with Crippen LogP contribution in [0, 0.1) is 6.92 Å². The highest BCUT2D eigenvalue weighted by Crippen LogP contribution is 2.19. The van der Waals surface area contributed by atoms with Gasteiger partial charge in [0.2, 0.25) is 5.91 Å². The van der Waals surface area contributed by atoms with Gasteiger partial charge in [0, 0.05) is 20.9 Å². The Morgan fingerprint density at radius 1 is 1.00 bits per heavy atom. The summed E-state index contributed by atoms with van der Waals surface area (Å²) in [4.78, 5) is 35.4. The van der Waals surface area contributed by atoms with Gasteiger partial charge in [0.1, 0.15) is 0 Å². The lowest BCUT2D eigenvalue weighted by Crippen LogP contribution is -2.39. The van der Waals surface area contributed by atoms with Crippen LogP contribution in [0.4, 0.5) is 11.4 Å². The minimum absolute atomic E-state index is 0.335. The van der Waals surface area contributed by atoms with E-state index < -0.39 is 17.7 Å². The molecule has 0 bridgehead atoms. The summed E-state index contributed by atoms with van der Waals surface area (Å²) >= 11 is 9.15. The van der Waals surface area contributed by atoms with Crippen molar-refractivity contribution in [1.29, 1.82) is 0 Å². The zero-order valence-electron chi connectivity index (χ0n) is 13.2. The molecule has 0 fully saturated rings. The third kappa shape index (κ3) is 5.88. The molecule has 8 heteroatoms. The van der Waals surface area contributed by atoms with E-state index in [1.165, 1.54) is 0 Å². The minimum atomic E-state index is -0.902. The summed E-state index contributed by atoms with van der Waals surface area (Å²) in [5.41, 5.74) is 1.85. The Morgan fingerprint density at radius 2 is 1.68 bits per heavy atom. The molecule has 2 aromatic rings. The quantitative estimate of drug-likeness (QED) is 0.659. The van der Waals surface area contributed by atoms with Gasteiger partial charge in [-0.2, -0.15) is 0 Å². The minimum Gasteiger partial charge on any atom is -0.339 e. The van der Waals surface area contributed by atoms with E-state index in [-0.39, 0.29) is 6.54 Å². The van der Waals surface area contributed by atoms with Gasteiger partial charge in [-0.15, -0.1) is 0 Å². The summed E-state index contributed by atoms with van der Waals surface area (Å²) in [7, 11) is 0. The summed E-state index contributed by atoms with van der Waals surface area (Å²) in [6, 6.07) is 11.8. The fraction of sp³-hybridized carbons (Fsp3) is 0.118. The fourth-order valence-corrected chi connectivity index (χ4v) is 2.32. The molecule has 0 spiro atoms. The first kappa shape index (κ1) is 19.0. The van der Waals surface area contributed by atoms with Crippen LogP contribution in [0.15, 0.2) is 46.9 Å². The number of hydrogen-bond donors (Lipinski definition) is 3. The van der Waals surface area contributed by atoms with E-state index in [9.17, 15) is 14.4 Å². The summed E-state index contributed by atoms with van der Waals surface area (Å²) in [6.07, 6.45) is 0. The Hall–Kier alpha value is -2.38. The molecule has 0 saturated carbocycles. The topological polar surface area (TPSA) is 87.3 Å². The molecule has 0 aliphatic heterocycles. The molecule has 0 aliphatic rings. The Balaban J connectivity index is 1.84. The number of anilines is 2. The van der Waals surface area contributed by atoms with Crippen molar-refractivity contribution < 1.29 is 14.4 Å². The van der Waals surface area contributed by atoms with E-state index in [1.807, 2.05) is 6.92 Å². The zero-order valence-corrected chi connectivity index (χ0v) is 15.6. The molecule has 0 atom stereocenters. The lowest BCUT2D eigenvalue weighted by Gasteiger charge is -2.10. The summed E-state index contributed by atoms with van der Waals surface area (Å²) < 4.78 is 0.850. The molecule has 6 nitrogen and oxygen atoms in total. The zero-order chi connectivity index (χ0) is 18.4. The van der Waals surface area contributed by atoms with Gasteiger partial charge < -0.3 is 16.0 Å². The third-order valence-electron chi connectivity index (χ3n) is 3.19. The first-order chi connectivity index (χ1) is 11.8. The van der Waals surface area contributed by atoms with Gasteiger partial charge >= 0.3 is 11.8 Å². The van der Waals surface area contributed by atoms with Crippen LogP contribution in [-0.4, -0.2) is 24.3 Å². The van der Waals surface area contributed by atoms with Crippen molar-refractivity contribution >= 4 is 56.6 Å². The Kier molecular flexibility index (Phi) is 6.55. The van der Waals surface area contributed by atoms with Crippen LogP contribution >= 0.6 is 27.5 Å². The molecule has 0 saturated heterocycles. The second-order valence-electron chi connectivity index (χ2n) is 5.15. The van der Waals surface area contributed by atoms with Crippen molar-refractivity contribution in [2.45, 2.75) is 6.92 Å². The van der Waals surface area contributed by atoms with Crippen molar-refractivity contribution in [3.8, 4) is 0 Å². The molecule has 0 aromatic heterocycles. The van der Waals surface area contributed by atoms with Gasteiger partial charge in [-0.25, -0.2) is 0 Å². The smallest absolute Gasteiger partial charge is 0.313 e. The van der Waals surface area contributed by atoms with Crippen molar-refractivity contribution in [1.82, 2.24) is 5.32 Å². The van der Waals surface area contributed by atoms with Gasteiger partial charge in [0.15, 0.2) is 0 Å². The average molecular weight is 425 g/mol. The largest absolute Gasteiger partial charge is 0.339 e. The fourth-order valence-electron chi connectivity index (χ4n) is 1.89. The third-order valence-corrected chi connectivity index (χ3v) is 3.96. The number of aryl methyl sites for hydroxylation is 1. The lowest BCUT2D eigenvalue weighted by molar-refractivity contribution is -0.136. The number of nitrogens with one attached hydrogen (secondary N) is 3. The highest BCUT2D eigenvalue weighted by Gasteiger charge is 2.15. The molecule has 0 heterocycles. The van der Waals surface area contributed by atoms with Gasteiger partial charge in [-0.3, -0.25) is 14.4 Å². The molecule has 3 N–H and O–H groups in total. The number of hydrogen-bond acceptors (Lipinski definition) is 3. The molecule has 0 unspecified atom stereocenters. The average Bonchev–Trinajstić information content (AvgIpc) is 2.58. The molecule has 130 valence electrons. The highest BCUT2D eigenvalue weighted by molar-refractivity contribution is 9.10. The van der Waals surface area contributed by atoms with E-state index in [4.69, 9.17) is 11.6 Å². The number of benzene rings is 2. The van der Waals surface area contributed by atoms with Gasteiger partial charge in [-0.1, -0.05) is 33.6 Å². The first-order valence-corrected chi connectivity index (χ1v) is 8.43. The van der Waals surface area contributed by atoms with E-state index in [2.05, 4.69) is 31.9 Å². The molecular weight excluding hydrogens is 410 g/mol. The Morgan fingerprint density at radius 3 is 2.36 bits per heavy atom. The highest BCUT2D eigenvalue weighted by atomic mass is 79.9. The molecule has 2 rings (SSSR count). The number of carbonyl (C=O) groups excluding carboxylic acids is 3. The SMILES string of the molecule is Cc1ccc(Cl)cc1NC(=O)CNC(=O)C(=O)Nc1ccc(Br)cc1. The van der Waals surface area contributed by atoms with Crippen molar-refractivity contribution in [3.63, 3.8) is 0 Å². The summed E-state index contributed by atoms with van der Waals surface area (Å²) in [5, 5.41) is 7.81. The van der Waals surface area contributed by atoms with Crippen LogP contribution in [0.1, 0.15) is 5.56 Å². The molecular formula is C17H15BrClN3O3.